The molecule has 4 rings (SSSR count). The van der Waals surface area contributed by atoms with Gasteiger partial charge in [-0.2, -0.15) is 0 Å². The largest absolute Gasteiger partial charge is 0.462 e. The topological polar surface area (TPSA) is 26.3 Å². The van der Waals surface area contributed by atoms with E-state index in [0.717, 1.165) is 11.8 Å². The predicted molar refractivity (Wildman–Crippen MR) is 57.2 cm³/mol. The van der Waals surface area contributed by atoms with E-state index in [0.29, 0.717) is 11.8 Å². The lowest BCUT2D eigenvalue weighted by Crippen LogP contribution is -2.41. The van der Waals surface area contributed by atoms with Gasteiger partial charge in [0.15, 0.2) is 0 Å². The molecule has 0 aromatic carbocycles. The van der Waals surface area contributed by atoms with Crippen LogP contribution in [-0.4, -0.2) is 12.1 Å². The van der Waals surface area contributed by atoms with Gasteiger partial charge in [0.1, 0.15) is 6.10 Å². The van der Waals surface area contributed by atoms with Gasteiger partial charge in [0.25, 0.3) is 0 Å². The predicted octanol–water partition coefficient (Wildman–Crippen LogP) is 2.76. The monoisotopic (exact) mass is 209 g/mol. The Bertz CT molecular complexity index is 266. The molecule has 4 bridgehead atoms. The van der Waals surface area contributed by atoms with Crippen LogP contribution < -0.4 is 0 Å². The summed E-state index contributed by atoms with van der Waals surface area (Å²) >= 11 is 0. The molecule has 0 N–H and O–H groups in total. The Hall–Kier alpha value is -0.530. The number of carbonyl (C=O) groups is 1. The smallest absolute Gasteiger partial charge is 0.302 e. The van der Waals surface area contributed by atoms with Gasteiger partial charge in [-0.1, -0.05) is 6.42 Å². The minimum atomic E-state index is -0.0764. The Morgan fingerprint density at radius 1 is 1.00 bits per heavy atom. The van der Waals surface area contributed by atoms with E-state index >= 15 is 0 Å². The van der Waals surface area contributed by atoms with Gasteiger partial charge in [-0.05, 0) is 55.8 Å². The molecule has 0 aromatic heterocycles. The van der Waals surface area contributed by atoms with E-state index in [9.17, 15) is 4.79 Å². The van der Waals surface area contributed by atoms with E-state index in [-0.39, 0.29) is 12.1 Å². The van der Waals surface area contributed by atoms with E-state index in [1.807, 2.05) is 0 Å². The molecule has 4 fully saturated rings. The summed E-state index contributed by atoms with van der Waals surface area (Å²) in [7, 11) is 0. The van der Waals surface area contributed by atoms with Gasteiger partial charge in [0, 0.05) is 6.92 Å². The fourth-order valence-corrected chi connectivity index (χ4v) is 4.38. The quantitative estimate of drug-likeness (QED) is 0.490. The number of esters is 1. The number of fused-ring (bicyclic) bond motifs is 1. The average molecular weight is 209 g/mol. The Kier molecular flexibility index (Phi) is 2.26. The van der Waals surface area contributed by atoms with Crippen LogP contribution in [0.4, 0.5) is 0 Å². The summed E-state index contributed by atoms with van der Waals surface area (Å²) in [4.78, 5) is 11.1. The fourth-order valence-electron chi connectivity index (χ4n) is 4.38. The van der Waals surface area contributed by atoms with Gasteiger partial charge in [0.2, 0.25) is 0 Å². The molecule has 4 saturated carbocycles. The van der Waals surface area contributed by atoms with E-state index in [1.54, 1.807) is 6.92 Å². The van der Waals surface area contributed by atoms with Crippen LogP contribution in [0.5, 0.6) is 0 Å². The lowest BCUT2D eigenvalue weighted by atomic mass is 9.67. The number of carbonyl (C=O) groups excluding carboxylic acids is 1. The molecule has 0 aliphatic heterocycles. The summed E-state index contributed by atoms with van der Waals surface area (Å²) in [6.07, 6.45) is 8.38. The Morgan fingerprint density at radius 3 is 2.53 bits per heavy atom. The molecule has 0 radical (unpaired) electrons. The van der Waals surface area contributed by atoms with E-state index in [4.69, 9.17) is 4.74 Å². The minimum Gasteiger partial charge on any atom is -0.462 e. The molecule has 0 saturated heterocycles. The van der Waals surface area contributed by atoms with Crippen molar-refractivity contribution in [1.82, 2.24) is 0 Å². The van der Waals surface area contributed by atoms with Crippen molar-refractivity contribution in [2.45, 2.75) is 51.6 Å². The third-order valence-electron chi connectivity index (χ3n) is 4.75. The minimum absolute atomic E-state index is 0.0764. The van der Waals surface area contributed by atoms with Crippen molar-refractivity contribution in [3.8, 4) is 0 Å². The maximum atomic E-state index is 11.1. The number of hydrogen-bond donors (Lipinski definition) is 0. The van der Waals surface area contributed by atoms with Crippen LogP contribution in [0.15, 0.2) is 0 Å². The van der Waals surface area contributed by atoms with Crippen LogP contribution in [0.1, 0.15) is 45.4 Å². The van der Waals surface area contributed by atoms with Gasteiger partial charge < -0.3 is 4.74 Å². The molecule has 15 heavy (non-hydrogen) atoms. The summed E-state index contributed by atoms with van der Waals surface area (Å²) in [6.45, 7) is 1.56. The Morgan fingerprint density at radius 2 is 1.73 bits per heavy atom. The molecule has 0 aromatic rings. The van der Waals surface area contributed by atoms with Gasteiger partial charge in [-0.15, -0.1) is 0 Å². The zero-order valence-corrected chi connectivity index (χ0v) is 9.45. The van der Waals surface area contributed by atoms with Crippen LogP contribution in [0.25, 0.3) is 0 Å². The van der Waals surface area contributed by atoms with Gasteiger partial charge in [-0.25, -0.2) is 0 Å². The maximum Gasteiger partial charge on any atom is 0.302 e. The summed E-state index contributed by atoms with van der Waals surface area (Å²) < 4.78 is 5.57. The maximum absolute atomic E-state index is 11.1. The van der Waals surface area contributed by atoms with Gasteiger partial charge in [-0.3, -0.25) is 4.79 Å². The molecule has 0 amide bonds. The van der Waals surface area contributed by atoms with E-state index < -0.39 is 0 Å². The lowest BCUT2D eigenvalue weighted by Gasteiger charge is -2.43. The van der Waals surface area contributed by atoms with Crippen LogP contribution in [-0.2, 0) is 9.53 Å². The van der Waals surface area contributed by atoms with E-state index in [1.165, 1.54) is 38.5 Å². The number of rotatable bonds is 1. The van der Waals surface area contributed by atoms with Crippen molar-refractivity contribution in [2.24, 2.45) is 23.7 Å². The Balaban J connectivity index is 1.81. The standard InChI is InChI=1S/C13H20O2/c1-8(14)15-13-11-3-2-9-4-10(6-11)7-12(13)5-9/h9-13H,2-7H2,1H3/t9-,10-,11+,12-,13-/m0/s1/i3+1. The second-order valence-corrected chi connectivity index (χ2v) is 5.85. The zero-order chi connectivity index (χ0) is 10.4. The van der Waals surface area contributed by atoms with Crippen LogP contribution >= 0.6 is 0 Å². The highest BCUT2D eigenvalue weighted by molar-refractivity contribution is 5.66. The SMILES string of the molecule is CC(=O)O[C@@H]1[C@@H]2C[C@H]3C[C@H](C[13CH2][C@@H]1C3)C2. The molecule has 0 unspecified atom stereocenters. The number of hydrogen-bond acceptors (Lipinski definition) is 2. The number of ether oxygens (including phenoxy) is 1. The van der Waals surface area contributed by atoms with Gasteiger partial charge in [0.05, 0.1) is 0 Å². The van der Waals surface area contributed by atoms with Crippen molar-refractivity contribution in [3.05, 3.63) is 0 Å². The third kappa shape index (κ3) is 1.68. The van der Waals surface area contributed by atoms with Crippen molar-refractivity contribution in [1.29, 1.82) is 0 Å². The first-order valence-corrected chi connectivity index (χ1v) is 6.39. The van der Waals surface area contributed by atoms with Crippen LogP contribution in [0, 0.1) is 23.7 Å². The molecule has 4 aliphatic carbocycles. The first-order valence-electron chi connectivity index (χ1n) is 6.39. The Labute approximate surface area is 91.4 Å². The van der Waals surface area contributed by atoms with Crippen molar-refractivity contribution in [2.75, 3.05) is 0 Å². The molecule has 0 heterocycles. The van der Waals surface area contributed by atoms with Crippen molar-refractivity contribution in [3.63, 3.8) is 0 Å². The molecule has 2 nitrogen and oxygen atoms in total. The van der Waals surface area contributed by atoms with Crippen LogP contribution in [0.3, 0.4) is 0 Å². The summed E-state index contributed by atoms with van der Waals surface area (Å²) in [5, 5.41) is 0. The van der Waals surface area contributed by atoms with E-state index in [2.05, 4.69) is 0 Å². The van der Waals surface area contributed by atoms with Crippen molar-refractivity contribution < 1.29 is 9.53 Å². The highest BCUT2D eigenvalue weighted by Gasteiger charge is 2.46. The first-order chi connectivity index (χ1) is 7.22. The molecule has 0 spiro atoms. The highest BCUT2D eigenvalue weighted by Crippen LogP contribution is 2.52. The molecular weight excluding hydrogens is 189 g/mol. The van der Waals surface area contributed by atoms with Crippen molar-refractivity contribution >= 4 is 5.97 Å². The highest BCUT2D eigenvalue weighted by atomic mass is 16.5. The van der Waals surface area contributed by atoms with Gasteiger partial charge >= 0.3 is 5.97 Å². The van der Waals surface area contributed by atoms with Crippen LogP contribution in [0.2, 0.25) is 0 Å². The summed E-state index contributed by atoms with van der Waals surface area (Å²) in [5.41, 5.74) is 0. The second-order valence-electron chi connectivity index (χ2n) is 5.85. The molecular formula is C13H20O2. The molecule has 5 atom stereocenters. The average Bonchev–Trinajstić information content (AvgIpc) is 2.38. The fraction of sp³-hybridized carbons (Fsp3) is 0.923. The first kappa shape index (κ1) is 9.68. The normalized spacial score (nSPS) is 47.7. The zero-order valence-electron chi connectivity index (χ0n) is 9.45. The molecule has 4 aliphatic rings. The molecule has 2 heteroatoms. The second kappa shape index (κ2) is 3.50. The molecule has 84 valence electrons. The summed E-state index contributed by atoms with van der Waals surface area (Å²) in [5.74, 6) is 3.20. The summed E-state index contributed by atoms with van der Waals surface area (Å²) in [6, 6.07) is 0. The lowest BCUT2D eigenvalue weighted by molar-refractivity contribution is -0.157. The third-order valence-corrected chi connectivity index (χ3v) is 4.75.